The van der Waals surface area contributed by atoms with E-state index in [1.807, 2.05) is 32.9 Å². The minimum absolute atomic E-state index is 0.0368. The van der Waals surface area contributed by atoms with Crippen LogP contribution >= 0.6 is 0 Å². The Balaban J connectivity index is 1.50. The molecule has 41 heavy (non-hydrogen) atoms. The molecule has 11 heteroatoms. The van der Waals surface area contributed by atoms with Gasteiger partial charge in [-0.05, 0) is 48.0 Å². The Labute approximate surface area is 238 Å². The molecule has 2 N–H and O–H groups in total. The van der Waals surface area contributed by atoms with Crippen molar-refractivity contribution in [3.63, 3.8) is 0 Å². The van der Waals surface area contributed by atoms with Crippen molar-refractivity contribution in [3.8, 4) is 11.8 Å². The number of ether oxygens (including phenoxy) is 2. The van der Waals surface area contributed by atoms with Gasteiger partial charge in [0.2, 0.25) is 11.8 Å². The van der Waals surface area contributed by atoms with E-state index in [0.29, 0.717) is 29.5 Å². The van der Waals surface area contributed by atoms with Crippen LogP contribution in [0.3, 0.4) is 0 Å². The summed E-state index contributed by atoms with van der Waals surface area (Å²) in [5, 5.41) is 17.1. The van der Waals surface area contributed by atoms with E-state index in [1.54, 1.807) is 12.3 Å². The van der Waals surface area contributed by atoms with Gasteiger partial charge in [0.25, 0.3) is 0 Å². The van der Waals surface area contributed by atoms with E-state index in [0.717, 1.165) is 5.39 Å². The fourth-order valence-corrected chi connectivity index (χ4v) is 7.28. The van der Waals surface area contributed by atoms with Crippen LogP contribution in [0.25, 0.3) is 10.8 Å². The number of carbonyl (C=O) groups is 3. The van der Waals surface area contributed by atoms with Gasteiger partial charge in [-0.3, -0.25) is 14.6 Å². The Hall–Kier alpha value is -3.94. The van der Waals surface area contributed by atoms with Crippen molar-refractivity contribution in [1.29, 1.82) is 5.26 Å². The second-order valence-electron chi connectivity index (χ2n) is 12.4. The second-order valence-corrected chi connectivity index (χ2v) is 12.4. The lowest BCUT2D eigenvalue weighted by atomic mass is 9.77. The minimum Gasteiger partial charge on any atom is -0.496 e. The Morgan fingerprint density at radius 2 is 1.90 bits per heavy atom. The monoisotopic (exact) mass is 565 g/mol. The van der Waals surface area contributed by atoms with Crippen molar-refractivity contribution >= 4 is 28.7 Å². The quantitative estimate of drug-likeness (QED) is 0.548. The number of alkyl halides is 1. The number of hydrogen-bond acceptors (Lipinski definition) is 7. The lowest BCUT2D eigenvalue weighted by molar-refractivity contribution is -0.143. The molecule has 1 aliphatic heterocycles. The highest BCUT2D eigenvalue weighted by atomic mass is 19.1. The summed E-state index contributed by atoms with van der Waals surface area (Å²) in [5.74, 6) is -1.13. The molecule has 1 aromatic carbocycles. The molecule has 2 bridgehead atoms. The normalized spacial score (nSPS) is 28.0. The number of rotatable bonds is 6. The zero-order chi connectivity index (χ0) is 29.6. The molecule has 8 atom stereocenters. The number of aromatic nitrogens is 1. The van der Waals surface area contributed by atoms with Gasteiger partial charge in [-0.25, -0.2) is 9.18 Å². The van der Waals surface area contributed by atoms with Crippen LogP contribution in [0.4, 0.5) is 9.18 Å². The number of nitrogens with one attached hydrogen (secondary N) is 2. The third-order valence-electron chi connectivity index (χ3n) is 9.10. The van der Waals surface area contributed by atoms with Crippen molar-refractivity contribution in [2.75, 3.05) is 20.8 Å². The molecule has 1 aromatic heterocycles. The SMILES string of the molecule is COC(=O)N[C@H](C(=O)N1C[C@@H]2[C@@H]3CC(F)[C@@H](C3)[C@@H]2[C@H]1C(=O)NC(C#N)c1cncc2cccc(OC)c12)C(C)(C)C. The van der Waals surface area contributed by atoms with Gasteiger partial charge in [0.15, 0.2) is 0 Å². The summed E-state index contributed by atoms with van der Waals surface area (Å²) < 4.78 is 25.3. The van der Waals surface area contributed by atoms with Gasteiger partial charge >= 0.3 is 6.09 Å². The van der Waals surface area contributed by atoms with E-state index in [2.05, 4.69) is 21.7 Å². The Bertz CT molecular complexity index is 1400. The first-order valence-corrected chi connectivity index (χ1v) is 13.9. The number of amides is 3. The van der Waals surface area contributed by atoms with Crippen LogP contribution in [0.1, 0.15) is 45.2 Å². The third kappa shape index (κ3) is 4.94. The maximum absolute atomic E-state index is 15.1. The van der Waals surface area contributed by atoms with E-state index < -0.39 is 47.6 Å². The van der Waals surface area contributed by atoms with E-state index in [9.17, 15) is 19.6 Å². The Morgan fingerprint density at radius 3 is 2.56 bits per heavy atom. The number of fused-ring (bicyclic) bond motifs is 6. The molecule has 218 valence electrons. The number of hydrogen-bond donors (Lipinski definition) is 2. The first-order chi connectivity index (χ1) is 19.5. The minimum atomic E-state index is -1.10. The fourth-order valence-electron chi connectivity index (χ4n) is 7.28. The van der Waals surface area contributed by atoms with Crippen molar-refractivity contribution in [2.24, 2.45) is 29.1 Å². The third-order valence-corrected chi connectivity index (χ3v) is 9.10. The maximum Gasteiger partial charge on any atom is 0.407 e. The van der Waals surface area contributed by atoms with Gasteiger partial charge in [0.05, 0.1) is 20.3 Å². The molecule has 0 spiro atoms. The molecule has 2 unspecified atom stereocenters. The summed E-state index contributed by atoms with van der Waals surface area (Å²) in [7, 11) is 2.74. The summed E-state index contributed by atoms with van der Waals surface area (Å²) >= 11 is 0. The molecular formula is C30H36FN5O5. The van der Waals surface area contributed by atoms with Crippen molar-refractivity contribution in [1.82, 2.24) is 20.5 Å². The molecular weight excluding hydrogens is 529 g/mol. The Kier molecular flexibility index (Phi) is 7.53. The van der Waals surface area contributed by atoms with E-state index >= 15 is 4.39 Å². The molecule has 2 aliphatic carbocycles. The molecule has 2 aromatic rings. The first-order valence-electron chi connectivity index (χ1n) is 13.9. The predicted octanol–water partition coefficient (Wildman–Crippen LogP) is 3.52. The van der Waals surface area contributed by atoms with Gasteiger partial charge in [-0.15, -0.1) is 0 Å². The van der Waals surface area contributed by atoms with Crippen molar-refractivity contribution in [2.45, 2.75) is 57.9 Å². The zero-order valence-corrected chi connectivity index (χ0v) is 23.9. The first kappa shape index (κ1) is 28.6. The van der Waals surface area contributed by atoms with Crippen molar-refractivity contribution < 1.29 is 28.2 Å². The Morgan fingerprint density at radius 1 is 1.15 bits per heavy atom. The second kappa shape index (κ2) is 10.8. The standard InChI is InChI=1S/C30H36FN5O5/c1-30(2,3)26(35-29(39)41-5)28(38)36-14-19-16-9-17(20(31)10-16)24(19)25(36)27(37)34-21(11-32)18-13-33-12-15-7-6-8-22(40-4)23(15)18/h6-8,12-13,16-17,19-21,24-26H,9-10,14H2,1-5H3,(H,34,37)(H,35,39)/t16-,17+,19+,20?,21?,24-,25-,26+/m0/s1. The summed E-state index contributed by atoms with van der Waals surface area (Å²) in [6, 6.07) is 4.50. The number of halogens is 1. The summed E-state index contributed by atoms with van der Waals surface area (Å²) in [6.45, 7) is 5.72. The van der Waals surface area contributed by atoms with Gasteiger partial charge < -0.3 is 25.0 Å². The zero-order valence-electron chi connectivity index (χ0n) is 23.9. The molecule has 0 radical (unpaired) electrons. The highest BCUT2D eigenvalue weighted by Gasteiger charge is 2.63. The number of carbonyl (C=O) groups excluding carboxylic acids is 3. The lowest BCUT2D eigenvalue weighted by Crippen LogP contribution is -2.59. The van der Waals surface area contributed by atoms with E-state index in [4.69, 9.17) is 9.47 Å². The molecule has 3 amide bonds. The van der Waals surface area contributed by atoms with Crippen LogP contribution in [0.15, 0.2) is 30.6 Å². The topological polar surface area (TPSA) is 134 Å². The maximum atomic E-state index is 15.1. The van der Waals surface area contributed by atoms with Gasteiger partial charge in [0, 0.05) is 35.3 Å². The fraction of sp³-hybridized carbons (Fsp3) is 0.567. The summed E-state index contributed by atoms with van der Waals surface area (Å²) in [5.41, 5.74) is -0.245. The smallest absolute Gasteiger partial charge is 0.407 e. The number of benzene rings is 1. The highest BCUT2D eigenvalue weighted by molar-refractivity contribution is 5.94. The molecule has 3 aliphatic rings. The highest BCUT2D eigenvalue weighted by Crippen LogP contribution is 2.58. The van der Waals surface area contributed by atoms with Gasteiger partial charge in [0.1, 0.15) is 30.0 Å². The van der Waals surface area contributed by atoms with Gasteiger partial charge in [-0.1, -0.05) is 32.9 Å². The molecule has 5 rings (SSSR count). The predicted molar refractivity (Wildman–Crippen MR) is 147 cm³/mol. The lowest BCUT2D eigenvalue weighted by Gasteiger charge is -2.37. The number of nitrogens with zero attached hydrogens (tertiary/aromatic N) is 3. The number of methoxy groups -OCH3 is 2. The molecule has 3 fully saturated rings. The summed E-state index contributed by atoms with van der Waals surface area (Å²) in [4.78, 5) is 46.1. The van der Waals surface area contributed by atoms with Crippen LogP contribution < -0.4 is 15.4 Å². The average molecular weight is 566 g/mol. The van der Waals surface area contributed by atoms with Crippen LogP contribution in [0, 0.1) is 40.4 Å². The van der Waals surface area contributed by atoms with Crippen LogP contribution in [-0.4, -0.2) is 66.8 Å². The van der Waals surface area contributed by atoms with Crippen molar-refractivity contribution in [3.05, 3.63) is 36.2 Å². The van der Waals surface area contributed by atoms with Crippen LogP contribution in [0.5, 0.6) is 5.75 Å². The number of nitriles is 1. The largest absolute Gasteiger partial charge is 0.496 e. The number of pyridine rings is 1. The van der Waals surface area contributed by atoms with E-state index in [1.165, 1.54) is 25.3 Å². The molecule has 2 heterocycles. The summed E-state index contributed by atoms with van der Waals surface area (Å²) in [6.07, 6.45) is 2.47. The van der Waals surface area contributed by atoms with Crippen LogP contribution in [0.2, 0.25) is 0 Å². The molecule has 10 nitrogen and oxygen atoms in total. The molecule has 1 saturated heterocycles. The van der Waals surface area contributed by atoms with Crippen LogP contribution in [-0.2, 0) is 14.3 Å². The number of alkyl carbamates (subject to hydrolysis) is 1. The molecule has 2 saturated carbocycles. The average Bonchev–Trinajstić information content (AvgIpc) is 3.63. The van der Waals surface area contributed by atoms with Gasteiger partial charge in [-0.2, -0.15) is 5.26 Å². The van der Waals surface area contributed by atoms with E-state index in [-0.39, 0.29) is 30.2 Å². The number of likely N-dealkylation sites (tertiary alicyclic amines) is 1.